The van der Waals surface area contributed by atoms with Crippen molar-refractivity contribution < 1.29 is 8.42 Å². The highest BCUT2D eigenvalue weighted by Gasteiger charge is 2.12. The normalized spacial score (nSPS) is 11.6. The molecule has 0 amide bonds. The zero-order chi connectivity index (χ0) is 12.0. The van der Waals surface area contributed by atoms with Crippen molar-refractivity contribution >= 4 is 10.0 Å². The van der Waals surface area contributed by atoms with Gasteiger partial charge in [0.25, 0.3) is 0 Å². The third-order valence-electron chi connectivity index (χ3n) is 2.44. The average Bonchev–Trinajstić information content (AvgIpc) is 2.29. The molecule has 0 unspecified atom stereocenters. The Balaban J connectivity index is 2.81. The lowest BCUT2D eigenvalue weighted by Gasteiger charge is -2.07. The van der Waals surface area contributed by atoms with E-state index in [1.54, 1.807) is 18.2 Å². The molecule has 0 saturated carbocycles. The molecule has 4 heteroatoms. The van der Waals surface area contributed by atoms with Gasteiger partial charge in [-0.1, -0.05) is 32.4 Å². The first kappa shape index (κ1) is 13.2. The van der Waals surface area contributed by atoms with Gasteiger partial charge in [-0.3, -0.25) is 0 Å². The summed E-state index contributed by atoms with van der Waals surface area (Å²) in [6.07, 6.45) is 2.70. The van der Waals surface area contributed by atoms with Crippen LogP contribution in [0.1, 0.15) is 32.3 Å². The van der Waals surface area contributed by atoms with Crippen molar-refractivity contribution in [2.24, 2.45) is 0 Å². The van der Waals surface area contributed by atoms with Crippen LogP contribution >= 0.6 is 0 Å². The van der Waals surface area contributed by atoms with E-state index in [-0.39, 0.29) is 0 Å². The molecule has 0 aliphatic rings. The largest absolute Gasteiger partial charge is 0.240 e. The minimum atomic E-state index is -3.32. The van der Waals surface area contributed by atoms with Gasteiger partial charge < -0.3 is 0 Å². The molecule has 3 nitrogen and oxygen atoms in total. The second-order valence-electron chi connectivity index (χ2n) is 3.75. The highest BCUT2D eigenvalue weighted by molar-refractivity contribution is 7.89. The van der Waals surface area contributed by atoms with Crippen molar-refractivity contribution in [3.05, 3.63) is 29.8 Å². The van der Waals surface area contributed by atoms with Crippen molar-refractivity contribution in [3.8, 4) is 0 Å². The highest BCUT2D eigenvalue weighted by Crippen LogP contribution is 2.11. The molecule has 90 valence electrons. The van der Waals surface area contributed by atoms with Gasteiger partial charge in [-0.25, -0.2) is 13.1 Å². The maximum absolute atomic E-state index is 11.9. The minimum Gasteiger partial charge on any atom is -0.211 e. The minimum absolute atomic E-state index is 0.364. The number of rotatable bonds is 6. The maximum atomic E-state index is 11.9. The van der Waals surface area contributed by atoms with E-state index in [0.717, 1.165) is 24.8 Å². The fourth-order valence-electron chi connectivity index (χ4n) is 1.40. The first-order valence-electron chi connectivity index (χ1n) is 5.68. The number of benzene rings is 1. The Morgan fingerprint density at radius 3 is 2.62 bits per heavy atom. The molecular weight excluding hydrogens is 222 g/mol. The third-order valence-corrected chi connectivity index (χ3v) is 3.90. The average molecular weight is 241 g/mol. The number of aryl methyl sites for hydroxylation is 1. The lowest BCUT2D eigenvalue weighted by atomic mass is 10.2. The van der Waals surface area contributed by atoms with E-state index in [0.29, 0.717) is 11.4 Å². The van der Waals surface area contributed by atoms with Crippen LogP contribution < -0.4 is 4.72 Å². The molecule has 0 radical (unpaired) electrons. The molecule has 0 aromatic heterocycles. The summed E-state index contributed by atoms with van der Waals surface area (Å²) in [5.41, 5.74) is 1.04. The van der Waals surface area contributed by atoms with Crippen LogP contribution in [0.3, 0.4) is 0 Å². The van der Waals surface area contributed by atoms with Crippen LogP contribution in [0.25, 0.3) is 0 Å². The predicted molar refractivity (Wildman–Crippen MR) is 65.9 cm³/mol. The highest BCUT2D eigenvalue weighted by atomic mass is 32.2. The van der Waals surface area contributed by atoms with E-state index in [9.17, 15) is 8.42 Å². The van der Waals surface area contributed by atoms with Crippen LogP contribution in [0.4, 0.5) is 0 Å². The zero-order valence-corrected chi connectivity index (χ0v) is 10.7. The van der Waals surface area contributed by atoms with Gasteiger partial charge in [0.1, 0.15) is 0 Å². The number of hydrogen-bond donors (Lipinski definition) is 1. The Morgan fingerprint density at radius 2 is 2.00 bits per heavy atom. The lowest BCUT2D eigenvalue weighted by Crippen LogP contribution is -2.24. The molecule has 1 N–H and O–H groups in total. The summed E-state index contributed by atoms with van der Waals surface area (Å²) in [6, 6.07) is 7.08. The van der Waals surface area contributed by atoms with Gasteiger partial charge in [0.15, 0.2) is 0 Å². The summed E-state index contributed by atoms with van der Waals surface area (Å²) in [5, 5.41) is 0. The van der Waals surface area contributed by atoms with Crippen LogP contribution in [0, 0.1) is 0 Å². The van der Waals surface area contributed by atoms with Crippen LogP contribution in [0.5, 0.6) is 0 Å². The number of hydrogen-bond acceptors (Lipinski definition) is 2. The first-order valence-corrected chi connectivity index (χ1v) is 7.17. The van der Waals surface area contributed by atoms with Crippen molar-refractivity contribution in [2.75, 3.05) is 6.54 Å². The van der Waals surface area contributed by atoms with Crippen LogP contribution in [0.2, 0.25) is 0 Å². The molecule has 1 aromatic rings. The number of unbranched alkanes of at least 4 members (excludes halogenated alkanes) is 1. The monoisotopic (exact) mass is 241 g/mol. The van der Waals surface area contributed by atoms with Gasteiger partial charge in [0, 0.05) is 6.54 Å². The Kier molecular flexibility index (Phi) is 4.96. The SMILES string of the molecule is CCCCNS(=O)(=O)c1cccc(CC)c1. The van der Waals surface area contributed by atoms with E-state index in [1.807, 2.05) is 19.9 Å². The fourth-order valence-corrected chi connectivity index (χ4v) is 2.54. The van der Waals surface area contributed by atoms with E-state index in [4.69, 9.17) is 0 Å². The summed E-state index contributed by atoms with van der Waals surface area (Å²) in [4.78, 5) is 0.364. The number of sulfonamides is 1. The van der Waals surface area contributed by atoms with Gasteiger partial charge in [0.2, 0.25) is 10.0 Å². The van der Waals surface area contributed by atoms with Crippen LogP contribution in [0.15, 0.2) is 29.2 Å². The second-order valence-corrected chi connectivity index (χ2v) is 5.52. The molecule has 0 aliphatic heterocycles. The van der Waals surface area contributed by atoms with Crippen LogP contribution in [-0.4, -0.2) is 15.0 Å². The lowest BCUT2D eigenvalue weighted by molar-refractivity contribution is 0.578. The van der Waals surface area contributed by atoms with Gasteiger partial charge in [0.05, 0.1) is 4.90 Å². The molecule has 0 aliphatic carbocycles. The summed E-state index contributed by atoms with van der Waals surface area (Å²) in [5.74, 6) is 0. The van der Waals surface area contributed by atoms with E-state index in [1.165, 1.54) is 0 Å². The standard InChI is InChI=1S/C12H19NO2S/c1-3-5-9-13-16(14,15)12-8-6-7-11(4-2)10-12/h6-8,10,13H,3-5,9H2,1-2H3. The Hall–Kier alpha value is -0.870. The fraction of sp³-hybridized carbons (Fsp3) is 0.500. The summed E-state index contributed by atoms with van der Waals surface area (Å²) in [7, 11) is -3.32. The molecule has 0 spiro atoms. The molecule has 0 atom stereocenters. The van der Waals surface area contributed by atoms with Gasteiger partial charge in [-0.05, 0) is 30.5 Å². The molecule has 0 bridgehead atoms. The molecule has 16 heavy (non-hydrogen) atoms. The van der Waals surface area contributed by atoms with E-state index in [2.05, 4.69) is 4.72 Å². The zero-order valence-electron chi connectivity index (χ0n) is 9.86. The summed E-state index contributed by atoms with van der Waals surface area (Å²) >= 11 is 0. The number of nitrogens with one attached hydrogen (secondary N) is 1. The Labute approximate surface area is 97.9 Å². The molecule has 1 aromatic carbocycles. The van der Waals surface area contributed by atoms with Gasteiger partial charge in [-0.2, -0.15) is 0 Å². The molecule has 1 rings (SSSR count). The van der Waals surface area contributed by atoms with Crippen molar-refractivity contribution in [3.63, 3.8) is 0 Å². The van der Waals surface area contributed by atoms with Gasteiger partial charge >= 0.3 is 0 Å². The predicted octanol–water partition coefficient (Wildman–Crippen LogP) is 2.33. The quantitative estimate of drug-likeness (QED) is 0.777. The second kappa shape index (κ2) is 6.01. The summed E-state index contributed by atoms with van der Waals surface area (Å²) < 4.78 is 26.3. The molecule has 0 saturated heterocycles. The Morgan fingerprint density at radius 1 is 1.25 bits per heavy atom. The molecular formula is C12H19NO2S. The Bertz CT molecular complexity index is 426. The van der Waals surface area contributed by atoms with Crippen molar-refractivity contribution in [1.82, 2.24) is 4.72 Å². The first-order chi connectivity index (χ1) is 7.60. The van der Waals surface area contributed by atoms with Crippen molar-refractivity contribution in [1.29, 1.82) is 0 Å². The van der Waals surface area contributed by atoms with E-state index < -0.39 is 10.0 Å². The van der Waals surface area contributed by atoms with E-state index >= 15 is 0 Å². The molecule has 0 heterocycles. The molecule has 0 fully saturated rings. The van der Waals surface area contributed by atoms with Crippen LogP contribution in [-0.2, 0) is 16.4 Å². The van der Waals surface area contributed by atoms with Crippen molar-refractivity contribution in [2.45, 2.75) is 38.0 Å². The smallest absolute Gasteiger partial charge is 0.211 e. The maximum Gasteiger partial charge on any atom is 0.240 e. The third kappa shape index (κ3) is 3.61. The van der Waals surface area contributed by atoms with Gasteiger partial charge in [-0.15, -0.1) is 0 Å². The summed E-state index contributed by atoms with van der Waals surface area (Å²) in [6.45, 7) is 4.55. The topological polar surface area (TPSA) is 46.2 Å².